The average molecular weight is 1420 g/mol. The smallest absolute Gasteiger partial charge is 0.260 e. The highest BCUT2D eigenvalue weighted by Crippen LogP contribution is 2.57. The molecule has 4 aliphatic heterocycles. The zero-order valence-electron chi connectivity index (χ0n) is 77.8. The molecule has 109 heavy (non-hydrogen) atoms. The fraction of sp³-hybridized carbons (Fsp3) is 0.118. The maximum atomic E-state index is 11.9. The topological polar surface area (TPSA) is 29.9 Å². The van der Waals surface area contributed by atoms with Crippen LogP contribution < -0.4 is 52.1 Å². The normalized spacial score (nSPS) is 15.3. The fourth-order valence-corrected chi connectivity index (χ4v) is 16.7. The summed E-state index contributed by atoms with van der Waals surface area (Å²) < 4.78 is 182. The molecule has 0 N–H and O–H groups in total. The molecule has 0 bridgehead atoms. The molecule has 0 amide bonds. The van der Waals surface area contributed by atoms with E-state index < -0.39 is 126 Å². The van der Waals surface area contributed by atoms with Crippen LogP contribution in [-0.2, 0) is 16.2 Å². The Morgan fingerprint density at radius 3 is 1.28 bits per heavy atom. The van der Waals surface area contributed by atoms with Gasteiger partial charge < -0.3 is 23.8 Å². The van der Waals surface area contributed by atoms with Gasteiger partial charge in [-0.15, -0.1) is 0 Å². The summed E-state index contributed by atoms with van der Waals surface area (Å²) in [5.41, 5.74) is 10.9. The second-order valence-corrected chi connectivity index (χ2v) is 31.9. The molecule has 5 nitrogen and oxygen atoms in total. The van der Waals surface area contributed by atoms with Crippen molar-refractivity contribution in [3.8, 4) is 95.4 Å². The van der Waals surface area contributed by atoms with Gasteiger partial charge in [-0.3, -0.25) is 0 Å². The zero-order chi connectivity index (χ0) is 87.7. The van der Waals surface area contributed by atoms with Crippen molar-refractivity contribution >= 4 is 102 Å². The number of para-hydroxylation sites is 4. The van der Waals surface area contributed by atoms with Crippen molar-refractivity contribution in [3.63, 3.8) is 0 Å². The summed E-state index contributed by atoms with van der Waals surface area (Å²) in [4.78, 5) is 4.06. The maximum Gasteiger partial charge on any atom is 0.260 e. The highest BCUT2D eigenvalue weighted by atomic mass is 16.5. The molecule has 16 aromatic rings. The van der Waals surface area contributed by atoms with Gasteiger partial charge in [-0.25, -0.2) is 0 Å². The lowest BCUT2D eigenvalue weighted by atomic mass is 9.30. The highest BCUT2D eigenvalue weighted by Gasteiger charge is 2.52. The Bertz CT molecular complexity index is 7240. The van der Waals surface area contributed by atoms with Gasteiger partial charge in [0, 0.05) is 73.0 Å². The lowest BCUT2D eigenvalue weighted by molar-refractivity contribution is 0.467. The molecule has 4 aliphatic rings. The molecule has 1 aromatic heterocycles. The highest BCUT2D eigenvalue weighted by molar-refractivity contribution is 7.03. The number of aromatic nitrogens is 1. The molecule has 0 unspecified atom stereocenters. The van der Waals surface area contributed by atoms with Gasteiger partial charge >= 0.3 is 0 Å². The van der Waals surface area contributed by atoms with E-state index in [4.69, 9.17) is 9.47 Å². The van der Waals surface area contributed by atoms with E-state index >= 15 is 0 Å². The van der Waals surface area contributed by atoms with Crippen LogP contribution in [0.1, 0.15) is 101 Å². The molecule has 0 saturated heterocycles. The SMILES string of the molecule is [2H]c1c([2H])c([2H])c2c(c1[2H])Oc1c([2H])c3c(c4c1B2c1c([2H])c([2H])c([2H])c([2H])c1O4)B1c2c(cc(C(C)(C)C)cc2N3c2c(-c3ccccc3)cc(C(C)(C)C)cc2-c2ccccc2)N(c2c(-c3ccccc3)cc(C(C)(C)C)cc2-c2ccccc2)c2c([2H])c(-c3c([2H])c([2H])c([2H])c(-c4ccc5c(c4)c4ccccc4n5-c4ccccc4)c3[2H])c([2H])c([2H])c21. The Labute approximate surface area is 662 Å². The third-order valence-corrected chi connectivity index (χ3v) is 22.1. The molecule has 522 valence electrons. The van der Waals surface area contributed by atoms with Crippen molar-refractivity contribution in [3.05, 3.63) is 344 Å². The summed E-state index contributed by atoms with van der Waals surface area (Å²) in [6.45, 7) is 16.1. The van der Waals surface area contributed by atoms with Gasteiger partial charge in [0.05, 0.1) is 44.3 Å². The minimum absolute atomic E-state index is 0.00761. The van der Waals surface area contributed by atoms with E-state index in [9.17, 15) is 21.9 Å². The first-order valence-corrected chi connectivity index (χ1v) is 37.1. The number of hydrogen-bond acceptors (Lipinski definition) is 4. The average Bonchev–Trinajstić information content (AvgIpc) is 1.04. The van der Waals surface area contributed by atoms with Gasteiger partial charge in [-0.05, 0) is 196 Å². The van der Waals surface area contributed by atoms with Crippen molar-refractivity contribution in [1.82, 2.24) is 4.57 Å². The zero-order valence-corrected chi connectivity index (χ0v) is 61.8. The van der Waals surface area contributed by atoms with Crippen LogP contribution in [0.2, 0.25) is 0 Å². The Balaban J connectivity index is 1.01. The fourth-order valence-electron chi connectivity index (χ4n) is 16.7. The van der Waals surface area contributed by atoms with Crippen LogP contribution in [-0.4, -0.2) is 18.0 Å². The minimum atomic E-state index is -1.59. The van der Waals surface area contributed by atoms with Crippen molar-refractivity contribution < 1.29 is 31.4 Å². The molecule has 0 radical (unpaired) electrons. The number of nitrogens with zero attached hydrogens (tertiary/aromatic N) is 3. The molecular weight excluding hydrogens is 1320 g/mol. The third-order valence-electron chi connectivity index (χ3n) is 22.1. The number of rotatable bonds is 9. The second-order valence-electron chi connectivity index (χ2n) is 31.9. The number of fused-ring (bicyclic) bond motifs is 12. The van der Waals surface area contributed by atoms with Crippen molar-refractivity contribution in [2.24, 2.45) is 0 Å². The summed E-state index contributed by atoms with van der Waals surface area (Å²) >= 11 is 0. The minimum Gasteiger partial charge on any atom is -0.459 e. The number of ether oxygens (including phenoxy) is 2. The Kier molecular flexibility index (Phi) is 11.7. The summed E-state index contributed by atoms with van der Waals surface area (Å²) in [6.07, 6.45) is 0. The molecule has 0 fully saturated rings. The van der Waals surface area contributed by atoms with E-state index in [0.717, 1.165) is 66.4 Å². The maximum absolute atomic E-state index is 11.9. The summed E-state index contributed by atoms with van der Waals surface area (Å²) in [5.74, 6) is -1.19. The Hall–Kier alpha value is -12.6. The van der Waals surface area contributed by atoms with E-state index in [2.05, 4.69) is 103 Å². The third kappa shape index (κ3) is 10.7. The van der Waals surface area contributed by atoms with E-state index in [0.29, 0.717) is 56.0 Å². The monoisotopic (exact) mass is 1420 g/mol. The molecule has 5 heterocycles. The molecule has 0 spiro atoms. The van der Waals surface area contributed by atoms with Crippen LogP contribution in [0.3, 0.4) is 0 Å². The summed E-state index contributed by atoms with van der Waals surface area (Å²) in [6, 6.07) is 66.9. The molecule has 7 heteroatoms. The van der Waals surface area contributed by atoms with E-state index in [1.807, 2.05) is 198 Å². The van der Waals surface area contributed by atoms with E-state index in [1.54, 1.807) is 6.07 Å². The molecule has 0 aliphatic carbocycles. The van der Waals surface area contributed by atoms with Gasteiger partial charge in [0.25, 0.3) is 13.4 Å². The quantitative estimate of drug-likeness (QED) is 0.135. The predicted octanol–water partition coefficient (Wildman–Crippen LogP) is 23.5. The molecular formula is C102H81B2N3O2. The second kappa shape index (κ2) is 25.0. The lowest BCUT2D eigenvalue weighted by Gasteiger charge is -2.48. The van der Waals surface area contributed by atoms with Crippen molar-refractivity contribution in [1.29, 1.82) is 0 Å². The molecule has 0 saturated carbocycles. The van der Waals surface area contributed by atoms with Crippen molar-refractivity contribution in [2.45, 2.75) is 78.6 Å². The summed E-state index contributed by atoms with van der Waals surface area (Å²) in [7, 11) is 0. The first-order valence-electron chi connectivity index (χ1n) is 45.1. The number of anilines is 6. The van der Waals surface area contributed by atoms with Gasteiger partial charge in [0.2, 0.25) is 0 Å². The van der Waals surface area contributed by atoms with Crippen LogP contribution in [0.4, 0.5) is 34.1 Å². The van der Waals surface area contributed by atoms with E-state index in [-0.39, 0.29) is 78.7 Å². The van der Waals surface area contributed by atoms with Gasteiger partial charge in [-0.1, -0.05) is 293 Å². The number of hydrogen-bond donors (Lipinski definition) is 0. The number of benzene rings is 15. The first kappa shape index (κ1) is 50.8. The molecule has 0 atom stereocenters. The van der Waals surface area contributed by atoms with Crippen LogP contribution in [0.15, 0.2) is 327 Å². The Morgan fingerprint density at radius 1 is 0.303 bits per heavy atom. The van der Waals surface area contributed by atoms with E-state index in [1.165, 1.54) is 0 Å². The molecule has 15 aromatic carbocycles. The van der Waals surface area contributed by atoms with Gasteiger partial charge in [0.1, 0.15) is 23.0 Å². The first-order chi connectivity index (χ1) is 59.7. The van der Waals surface area contributed by atoms with Crippen LogP contribution in [0.5, 0.6) is 23.0 Å². The standard InChI is InChI=1S/C102H81B2N3O2/c1-100(2,3)72-57-77(64-32-15-10-16-33-64)97(78(58-72)65-34-17-11-18-35-65)106-87-56-71(69-41-31-40-68(54-69)70-51-53-86-81(55-70)76-44-25-28-47-85(76)105(86)75-42-23-14-24-43-75)50-52-82(87)104-94-88(106)61-74(102(7,8)9)62-89(94)107(98-79(66-36-19-12-20-37-66)59-73(101(4,5)6)60-80(98)67-38-21-13-22-39-67)90-63-93-96-99(95(90)104)109-92-49-30-27-46-84(92)103(96)83-45-26-29-48-91(83)108-93/h10-63H,1-9H3/i26D,27D,29D,30D,31D,40D,41D,45D,46D,48D,49D,50D,52D,54D,56D,63D. The van der Waals surface area contributed by atoms with Crippen molar-refractivity contribution in [2.75, 3.05) is 9.80 Å². The predicted molar refractivity (Wildman–Crippen MR) is 461 cm³/mol. The molecule has 20 rings (SSSR count). The largest absolute Gasteiger partial charge is 0.459 e. The Morgan fingerprint density at radius 2 is 0.752 bits per heavy atom. The van der Waals surface area contributed by atoms with Crippen LogP contribution in [0.25, 0.3) is 94.3 Å². The van der Waals surface area contributed by atoms with Crippen LogP contribution >= 0.6 is 0 Å². The van der Waals surface area contributed by atoms with Crippen LogP contribution in [0, 0.1) is 0 Å². The van der Waals surface area contributed by atoms with Gasteiger partial charge in [0.15, 0.2) is 0 Å². The summed E-state index contributed by atoms with van der Waals surface area (Å²) in [5, 5.41) is 1.64. The lowest BCUT2D eigenvalue weighted by Crippen LogP contribution is -2.65. The van der Waals surface area contributed by atoms with Gasteiger partial charge in [-0.2, -0.15) is 0 Å².